The maximum Gasteiger partial charge on any atom is 0.316 e. The second-order valence-electron chi connectivity index (χ2n) is 8.02. The maximum atomic E-state index is 11.2. The molecular formula is C21H29N5O3S. The molecule has 0 bridgehead atoms. The predicted octanol–water partition coefficient (Wildman–Crippen LogP) is 2.97. The van der Waals surface area contributed by atoms with Gasteiger partial charge in [0, 0.05) is 12.8 Å². The molecule has 9 heteroatoms. The highest BCUT2D eigenvalue weighted by atomic mass is 32.2. The fourth-order valence-corrected chi connectivity index (χ4v) is 4.96. The van der Waals surface area contributed by atoms with Gasteiger partial charge in [0.05, 0.1) is 12.7 Å². The summed E-state index contributed by atoms with van der Waals surface area (Å²) in [5, 5.41) is 12.4. The average molecular weight is 432 g/mol. The van der Waals surface area contributed by atoms with Gasteiger partial charge in [-0.25, -0.2) is 9.48 Å². The number of aromatic nitrogens is 2. The van der Waals surface area contributed by atoms with E-state index in [2.05, 4.69) is 23.4 Å². The van der Waals surface area contributed by atoms with Gasteiger partial charge in [0.15, 0.2) is 0 Å². The minimum atomic E-state index is -0.438. The number of hydrogen-bond donors (Lipinski definition) is 3. The fraction of sp³-hybridized carbons (Fsp3) is 0.524. The first-order chi connectivity index (χ1) is 14.5. The van der Waals surface area contributed by atoms with Crippen molar-refractivity contribution in [1.29, 1.82) is 0 Å². The lowest BCUT2D eigenvalue weighted by atomic mass is 9.96. The second-order valence-corrected chi connectivity index (χ2v) is 8.70. The Hall–Kier alpha value is -2.23. The first-order valence-corrected chi connectivity index (χ1v) is 11.2. The van der Waals surface area contributed by atoms with Gasteiger partial charge in [-0.1, -0.05) is 13.0 Å². The number of rotatable bonds is 3. The minimum absolute atomic E-state index is 0.0861. The van der Waals surface area contributed by atoms with Gasteiger partial charge in [-0.3, -0.25) is 5.14 Å². The van der Waals surface area contributed by atoms with Gasteiger partial charge in [0.1, 0.15) is 17.6 Å². The highest BCUT2D eigenvalue weighted by Crippen LogP contribution is 2.43. The highest BCUT2D eigenvalue weighted by molar-refractivity contribution is 7.97. The number of aryl methyl sites for hydroxylation is 1. The first-order valence-electron chi connectivity index (χ1n) is 10.3. The Balaban J connectivity index is 0.000000151. The number of carbonyl (C=O) groups is 1. The number of primary amides is 1. The van der Waals surface area contributed by atoms with Crippen LogP contribution in [-0.2, 0) is 30.5 Å². The van der Waals surface area contributed by atoms with Crippen LogP contribution in [0, 0.1) is 0 Å². The summed E-state index contributed by atoms with van der Waals surface area (Å²) in [6.45, 7) is 3.56. The molecule has 2 atom stereocenters. The lowest BCUT2D eigenvalue weighted by Crippen LogP contribution is -2.31. The molecule has 1 aromatic carbocycles. The molecule has 0 saturated heterocycles. The number of methoxy groups -OCH3 is 1. The van der Waals surface area contributed by atoms with Crippen LogP contribution >= 0.6 is 11.9 Å². The van der Waals surface area contributed by atoms with Crippen LogP contribution < -0.4 is 20.9 Å². The summed E-state index contributed by atoms with van der Waals surface area (Å²) in [5.74, 6) is 1.37. The molecule has 30 heavy (non-hydrogen) atoms. The standard InChI is InChI=1S/C14H18N2O.C7H11N3O2S/c1-8-5-6-11-12(8)7-9-3-2-4-10(9)13(11)16-14(15)17;1-11-5-3-10-7(12-4-5)6(13-8)2-9-10/h7-8H,2-6H2,1H3,(H3,15,16,17);2,5H,3-4,8H2,1H3. The number of anilines is 1. The van der Waals surface area contributed by atoms with E-state index in [0.29, 0.717) is 12.5 Å². The third-order valence-electron chi connectivity index (χ3n) is 6.15. The zero-order valence-electron chi connectivity index (χ0n) is 17.4. The van der Waals surface area contributed by atoms with Crippen molar-refractivity contribution >= 4 is 23.7 Å². The van der Waals surface area contributed by atoms with E-state index in [0.717, 1.165) is 54.2 Å². The number of fused-ring (bicyclic) bond motifs is 3. The molecule has 162 valence electrons. The minimum Gasteiger partial charge on any atom is -0.474 e. The van der Waals surface area contributed by atoms with Gasteiger partial charge in [-0.05, 0) is 72.2 Å². The number of benzene rings is 1. The van der Waals surface area contributed by atoms with Crippen LogP contribution in [0.15, 0.2) is 17.2 Å². The van der Waals surface area contributed by atoms with E-state index in [1.165, 1.54) is 35.1 Å². The molecule has 8 nitrogen and oxygen atoms in total. The lowest BCUT2D eigenvalue weighted by molar-refractivity contribution is 0.0166. The van der Waals surface area contributed by atoms with Crippen molar-refractivity contribution in [3.8, 4) is 5.88 Å². The quantitative estimate of drug-likeness (QED) is 0.643. The summed E-state index contributed by atoms with van der Waals surface area (Å²) in [7, 11) is 1.67. The number of carbonyl (C=O) groups excluding carboxylic acids is 1. The first kappa shape index (κ1) is 21.0. The van der Waals surface area contributed by atoms with Crippen molar-refractivity contribution in [2.45, 2.75) is 62.5 Å². The zero-order chi connectivity index (χ0) is 21.3. The van der Waals surface area contributed by atoms with Gasteiger partial charge >= 0.3 is 6.03 Å². The van der Waals surface area contributed by atoms with E-state index >= 15 is 0 Å². The molecule has 0 fully saturated rings. The summed E-state index contributed by atoms with van der Waals surface area (Å²) in [4.78, 5) is 12.0. The van der Waals surface area contributed by atoms with Crippen LogP contribution in [0.2, 0.25) is 0 Å². The van der Waals surface area contributed by atoms with Crippen molar-refractivity contribution in [3.63, 3.8) is 0 Å². The molecule has 5 rings (SSSR count). The number of nitrogens with one attached hydrogen (secondary N) is 1. The number of urea groups is 1. The average Bonchev–Trinajstić information content (AvgIpc) is 3.46. The largest absolute Gasteiger partial charge is 0.474 e. The summed E-state index contributed by atoms with van der Waals surface area (Å²) in [6, 6.07) is 1.92. The van der Waals surface area contributed by atoms with Crippen LogP contribution in [0.5, 0.6) is 5.88 Å². The monoisotopic (exact) mass is 431 g/mol. The van der Waals surface area contributed by atoms with E-state index in [-0.39, 0.29) is 6.10 Å². The summed E-state index contributed by atoms with van der Waals surface area (Å²) in [5.41, 5.74) is 11.8. The van der Waals surface area contributed by atoms with Crippen LogP contribution in [0.25, 0.3) is 0 Å². The van der Waals surface area contributed by atoms with Crippen molar-refractivity contribution in [2.75, 3.05) is 19.0 Å². The number of amides is 2. The molecular weight excluding hydrogens is 402 g/mol. The van der Waals surface area contributed by atoms with E-state index in [4.69, 9.17) is 20.3 Å². The molecule has 0 spiro atoms. The Kier molecular flexibility index (Phi) is 6.21. The summed E-state index contributed by atoms with van der Waals surface area (Å²) >= 11 is 1.15. The molecule has 1 aliphatic heterocycles. The van der Waals surface area contributed by atoms with Crippen LogP contribution in [0.4, 0.5) is 10.5 Å². The van der Waals surface area contributed by atoms with Crippen molar-refractivity contribution in [1.82, 2.24) is 9.78 Å². The van der Waals surface area contributed by atoms with Gasteiger partial charge in [-0.15, -0.1) is 0 Å². The molecule has 0 radical (unpaired) electrons. The normalized spacial score (nSPS) is 21.0. The number of nitrogens with two attached hydrogens (primary N) is 2. The Bertz CT molecular complexity index is 945. The van der Waals surface area contributed by atoms with E-state index in [9.17, 15) is 4.79 Å². The maximum absolute atomic E-state index is 11.2. The van der Waals surface area contributed by atoms with E-state index < -0.39 is 6.03 Å². The molecule has 2 amide bonds. The zero-order valence-corrected chi connectivity index (χ0v) is 18.3. The van der Waals surface area contributed by atoms with Crippen molar-refractivity contribution < 1.29 is 14.3 Å². The Labute approximate surface area is 180 Å². The Morgan fingerprint density at radius 2 is 2.20 bits per heavy atom. The number of hydrogen-bond acceptors (Lipinski definition) is 6. The molecule has 3 aliphatic rings. The van der Waals surface area contributed by atoms with Crippen LogP contribution in [0.3, 0.4) is 0 Å². The third-order valence-corrected chi connectivity index (χ3v) is 6.69. The molecule has 0 saturated carbocycles. The Morgan fingerprint density at radius 1 is 1.37 bits per heavy atom. The third kappa shape index (κ3) is 4.01. The van der Waals surface area contributed by atoms with Crippen LogP contribution in [0.1, 0.15) is 47.9 Å². The van der Waals surface area contributed by atoms with E-state index in [1.54, 1.807) is 18.0 Å². The van der Waals surface area contributed by atoms with Crippen LogP contribution in [-0.4, -0.2) is 35.6 Å². The van der Waals surface area contributed by atoms with Gasteiger partial charge in [-0.2, -0.15) is 5.10 Å². The summed E-state index contributed by atoms with van der Waals surface area (Å²) < 4.78 is 12.4. The van der Waals surface area contributed by atoms with Crippen molar-refractivity contribution in [3.05, 3.63) is 34.5 Å². The molecule has 5 N–H and O–H groups in total. The highest BCUT2D eigenvalue weighted by Gasteiger charge is 2.28. The van der Waals surface area contributed by atoms with E-state index in [1.807, 2.05) is 0 Å². The fourth-order valence-electron chi connectivity index (χ4n) is 4.59. The Morgan fingerprint density at radius 3 is 2.93 bits per heavy atom. The van der Waals surface area contributed by atoms with Gasteiger partial charge in [0.25, 0.3) is 0 Å². The topological polar surface area (TPSA) is 117 Å². The van der Waals surface area contributed by atoms with Gasteiger partial charge < -0.3 is 20.5 Å². The predicted molar refractivity (Wildman–Crippen MR) is 117 cm³/mol. The smallest absolute Gasteiger partial charge is 0.316 e. The molecule has 2 aliphatic carbocycles. The molecule has 2 unspecified atom stereocenters. The number of ether oxygens (including phenoxy) is 2. The number of nitrogens with zero attached hydrogens (tertiary/aromatic N) is 2. The summed E-state index contributed by atoms with van der Waals surface area (Å²) in [6.07, 6.45) is 7.46. The SMILES string of the molecule is CC1CCc2c1cc1c(c2NC(N)=O)CCC1.COC1COc2c(SN)cnn2C1. The molecule has 2 aromatic rings. The molecule has 2 heterocycles. The second kappa shape index (κ2) is 8.87. The molecule has 1 aromatic heterocycles. The lowest BCUT2D eigenvalue weighted by Gasteiger charge is -2.23. The van der Waals surface area contributed by atoms with Crippen molar-refractivity contribution in [2.24, 2.45) is 10.9 Å². The van der Waals surface area contributed by atoms with Gasteiger partial charge in [0.2, 0.25) is 5.88 Å².